The lowest BCUT2D eigenvalue weighted by atomic mass is 9.88. The molecule has 1 amide bonds. The van der Waals surface area contributed by atoms with Crippen LogP contribution in [0.3, 0.4) is 0 Å². The molecule has 3 N–H and O–H groups in total. The average Bonchev–Trinajstić information content (AvgIpc) is 2.69. The van der Waals surface area contributed by atoms with Crippen molar-refractivity contribution in [2.45, 2.75) is 25.3 Å². The largest absolute Gasteiger partial charge is 0.508 e. The Bertz CT molecular complexity index is 782. The molecule has 1 saturated heterocycles. The van der Waals surface area contributed by atoms with Gasteiger partial charge >= 0.3 is 0 Å². The summed E-state index contributed by atoms with van der Waals surface area (Å²) in [6, 6.07) is 16.0. The fourth-order valence-electron chi connectivity index (χ4n) is 4.30. The molecule has 2 aliphatic rings. The van der Waals surface area contributed by atoms with Crippen molar-refractivity contribution < 1.29 is 14.8 Å². The SMILES string of the molecule is O=C(C[NH+]1CCN(c2ccc(O)cc2)CC1)N[C@H]1CCCc2ccccc21. The molecule has 0 bridgehead atoms. The number of anilines is 1. The van der Waals surface area contributed by atoms with Gasteiger partial charge in [-0.05, 0) is 54.7 Å². The van der Waals surface area contributed by atoms with Gasteiger partial charge in [0.2, 0.25) is 0 Å². The molecule has 2 aromatic rings. The van der Waals surface area contributed by atoms with Crippen LogP contribution in [0.15, 0.2) is 48.5 Å². The Balaban J connectivity index is 1.28. The van der Waals surface area contributed by atoms with Crippen LogP contribution in [0.25, 0.3) is 0 Å². The summed E-state index contributed by atoms with van der Waals surface area (Å²) in [5.74, 6) is 0.453. The fraction of sp³-hybridized carbons (Fsp3) is 0.409. The number of phenolic OH excluding ortho intramolecular Hbond substituents is 1. The van der Waals surface area contributed by atoms with E-state index in [4.69, 9.17) is 0 Å². The third-order valence-corrected chi connectivity index (χ3v) is 5.80. The van der Waals surface area contributed by atoms with Crippen LogP contribution in [0.2, 0.25) is 0 Å². The minimum Gasteiger partial charge on any atom is -0.508 e. The van der Waals surface area contributed by atoms with Crippen molar-refractivity contribution in [3.63, 3.8) is 0 Å². The van der Waals surface area contributed by atoms with E-state index in [1.165, 1.54) is 16.0 Å². The lowest BCUT2D eigenvalue weighted by Crippen LogP contribution is -3.16. The van der Waals surface area contributed by atoms with Crippen molar-refractivity contribution in [2.75, 3.05) is 37.6 Å². The highest BCUT2D eigenvalue weighted by Gasteiger charge is 2.25. The molecule has 1 aliphatic heterocycles. The van der Waals surface area contributed by atoms with Crippen molar-refractivity contribution in [1.82, 2.24) is 5.32 Å². The topological polar surface area (TPSA) is 57.0 Å². The fourth-order valence-corrected chi connectivity index (χ4v) is 4.30. The molecule has 27 heavy (non-hydrogen) atoms. The molecule has 142 valence electrons. The number of aromatic hydroxyl groups is 1. The van der Waals surface area contributed by atoms with Crippen molar-refractivity contribution in [1.29, 1.82) is 0 Å². The summed E-state index contributed by atoms with van der Waals surface area (Å²) in [6.07, 6.45) is 3.29. The molecule has 5 nitrogen and oxygen atoms in total. The van der Waals surface area contributed by atoms with E-state index in [0.717, 1.165) is 51.1 Å². The van der Waals surface area contributed by atoms with E-state index in [0.29, 0.717) is 12.3 Å². The number of aryl methyl sites for hydroxylation is 1. The number of nitrogens with zero attached hydrogens (tertiary/aromatic N) is 1. The zero-order chi connectivity index (χ0) is 18.6. The van der Waals surface area contributed by atoms with E-state index >= 15 is 0 Å². The second-order valence-electron chi connectivity index (χ2n) is 7.64. The summed E-state index contributed by atoms with van der Waals surface area (Å²) in [5, 5.41) is 12.7. The summed E-state index contributed by atoms with van der Waals surface area (Å²) in [6.45, 7) is 4.31. The maximum atomic E-state index is 12.6. The summed E-state index contributed by atoms with van der Waals surface area (Å²) in [5.41, 5.74) is 3.81. The molecule has 5 heteroatoms. The molecule has 0 radical (unpaired) electrons. The molecule has 4 rings (SSSR count). The predicted octanol–water partition coefficient (Wildman–Crippen LogP) is 1.29. The average molecular weight is 366 g/mol. The highest BCUT2D eigenvalue weighted by Crippen LogP contribution is 2.29. The molecule has 1 atom stereocenters. The van der Waals surface area contributed by atoms with E-state index < -0.39 is 0 Å². The zero-order valence-corrected chi connectivity index (χ0v) is 15.7. The predicted molar refractivity (Wildman–Crippen MR) is 106 cm³/mol. The van der Waals surface area contributed by atoms with E-state index in [1.807, 2.05) is 12.1 Å². The van der Waals surface area contributed by atoms with Gasteiger partial charge in [-0.2, -0.15) is 0 Å². The number of fused-ring (bicyclic) bond motifs is 1. The Morgan fingerprint density at radius 3 is 2.63 bits per heavy atom. The summed E-state index contributed by atoms with van der Waals surface area (Å²) < 4.78 is 0. The first-order valence-electron chi connectivity index (χ1n) is 9.94. The number of quaternary nitrogens is 1. The minimum atomic E-state index is 0.157. The van der Waals surface area contributed by atoms with Crippen molar-refractivity contribution in [2.24, 2.45) is 0 Å². The number of hydrogen-bond donors (Lipinski definition) is 3. The molecule has 0 saturated carbocycles. The number of benzene rings is 2. The first-order valence-corrected chi connectivity index (χ1v) is 9.94. The van der Waals surface area contributed by atoms with Gasteiger partial charge in [-0.15, -0.1) is 0 Å². The Morgan fingerprint density at radius 1 is 1.11 bits per heavy atom. The number of piperazine rings is 1. The van der Waals surface area contributed by atoms with Gasteiger partial charge in [-0.1, -0.05) is 24.3 Å². The highest BCUT2D eigenvalue weighted by atomic mass is 16.3. The highest BCUT2D eigenvalue weighted by molar-refractivity contribution is 5.77. The molecule has 0 spiro atoms. The minimum absolute atomic E-state index is 0.157. The molecule has 0 aromatic heterocycles. The third-order valence-electron chi connectivity index (χ3n) is 5.80. The van der Waals surface area contributed by atoms with Crippen LogP contribution in [0, 0.1) is 0 Å². The van der Waals surface area contributed by atoms with Crippen molar-refractivity contribution in [3.8, 4) is 5.75 Å². The van der Waals surface area contributed by atoms with Gasteiger partial charge in [-0.25, -0.2) is 0 Å². The summed E-state index contributed by atoms with van der Waals surface area (Å²) in [7, 11) is 0. The summed E-state index contributed by atoms with van der Waals surface area (Å²) >= 11 is 0. The number of nitrogens with one attached hydrogen (secondary N) is 2. The first-order chi connectivity index (χ1) is 13.2. The second kappa shape index (κ2) is 8.01. The number of rotatable bonds is 4. The van der Waals surface area contributed by atoms with Crippen LogP contribution >= 0.6 is 0 Å². The molecular weight excluding hydrogens is 338 g/mol. The van der Waals surface area contributed by atoms with Crippen LogP contribution < -0.4 is 15.1 Å². The lowest BCUT2D eigenvalue weighted by Gasteiger charge is -2.34. The van der Waals surface area contributed by atoms with Crippen LogP contribution in [0.4, 0.5) is 5.69 Å². The van der Waals surface area contributed by atoms with Crippen molar-refractivity contribution >= 4 is 11.6 Å². The van der Waals surface area contributed by atoms with E-state index in [9.17, 15) is 9.90 Å². The summed E-state index contributed by atoms with van der Waals surface area (Å²) in [4.78, 5) is 16.3. The lowest BCUT2D eigenvalue weighted by molar-refractivity contribution is -0.892. The van der Waals surface area contributed by atoms with Crippen LogP contribution in [-0.2, 0) is 11.2 Å². The maximum Gasteiger partial charge on any atom is 0.275 e. The normalized spacial score (nSPS) is 20.1. The monoisotopic (exact) mass is 366 g/mol. The van der Waals surface area contributed by atoms with Crippen LogP contribution in [-0.4, -0.2) is 43.7 Å². The van der Waals surface area contributed by atoms with Gasteiger partial charge in [0.05, 0.1) is 32.2 Å². The number of carbonyl (C=O) groups is 1. The second-order valence-corrected chi connectivity index (χ2v) is 7.64. The maximum absolute atomic E-state index is 12.6. The van der Waals surface area contributed by atoms with Gasteiger partial charge in [0.1, 0.15) is 5.75 Å². The standard InChI is InChI=1S/C22H27N3O2/c26-19-10-8-18(9-11-19)25-14-12-24(13-15-25)16-22(27)23-21-7-3-5-17-4-1-2-6-20(17)21/h1-2,4,6,8-11,21,26H,3,5,7,12-16H2,(H,23,27)/p+1/t21-/m0/s1. The Labute approximate surface area is 160 Å². The Morgan fingerprint density at radius 2 is 1.85 bits per heavy atom. The van der Waals surface area contributed by atoms with Gasteiger partial charge in [0.25, 0.3) is 5.91 Å². The van der Waals surface area contributed by atoms with E-state index in [-0.39, 0.29) is 11.9 Å². The van der Waals surface area contributed by atoms with Crippen molar-refractivity contribution in [3.05, 3.63) is 59.7 Å². The Hall–Kier alpha value is -2.53. The van der Waals surface area contributed by atoms with Gasteiger partial charge in [0, 0.05) is 5.69 Å². The number of hydrogen-bond acceptors (Lipinski definition) is 3. The number of amides is 1. The van der Waals surface area contributed by atoms with E-state index in [1.54, 1.807) is 12.1 Å². The first kappa shape index (κ1) is 17.9. The molecule has 1 heterocycles. The third kappa shape index (κ3) is 4.25. The zero-order valence-electron chi connectivity index (χ0n) is 15.7. The quantitative estimate of drug-likeness (QED) is 0.764. The van der Waals surface area contributed by atoms with Gasteiger partial charge < -0.3 is 20.2 Å². The number of phenols is 1. The number of carbonyl (C=O) groups excluding carboxylic acids is 1. The Kier molecular flexibility index (Phi) is 5.30. The molecular formula is C22H28N3O2+. The van der Waals surface area contributed by atoms with Crippen LogP contribution in [0.1, 0.15) is 30.0 Å². The van der Waals surface area contributed by atoms with Crippen LogP contribution in [0.5, 0.6) is 5.75 Å². The molecule has 0 unspecified atom stereocenters. The molecule has 2 aromatic carbocycles. The van der Waals surface area contributed by atoms with E-state index in [2.05, 4.69) is 34.5 Å². The smallest absolute Gasteiger partial charge is 0.275 e. The molecule has 1 fully saturated rings. The van der Waals surface area contributed by atoms with Gasteiger partial charge in [0.15, 0.2) is 6.54 Å². The van der Waals surface area contributed by atoms with Gasteiger partial charge in [-0.3, -0.25) is 4.79 Å². The molecule has 1 aliphatic carbocycles.